The highest BCUT2D eigenvalue weighted by Crippen LogP contribution is 2.25. The third-order valence-electron chi connectivity index (χ3n) is 3.06. The van der Waals surface area contributed by atoms with E-state index in [1.807, 2.05) is 0 Å². The van der Waals surface area contributed by atoms with E-state index in [1.165, 1.54) is 0 Å². The van der Waals surface area contributed by atoms with Crippen molar-refractivity contribution in [3.8, 4) is 0 Å². The van der Waals surface area contributed by atoms with Gasteiger partial charge in [-0.25, -0.2) is 5.43 Å². The highest BCUT2D eigenvalue weighted by Gasteiger charge is 2.35. The number of hydroxylamine groups is 1. The van der Waals surface area contributed by atoms with Crippen LogP contribution in [0.4, 0.5) is 0 Å². The topological polar surface area (TPSA) is 85.6 Å². The molecule has 2 aliphatic rings. The van der Waals surface area contributed by atoms with E-state index in [9.17, 15) is 5.21 Å². The molecule has 0 aromatic rings. The molecule has 6 nitrogen and oxygen atoms in total. The summed E-state index contributed by atoms with van der Waals surface area (Å²) in [7, 11) is 1.69. The summed E-state index contributed by atoms with van der Waals surface area (Å²) in [6.45, 7) is 0. The summed E-state index contributed by atoms with van der Waals surface area (Å²) in [6.07, 6.45) is 2.47. The third-order valence-corrected chi connectivity index (χ3v) is 3.06. The Balaban J connectivity index is 1.99. The molecule has 4 unspecified atom stereocenters. The second kappa shape index (κ2) is 4.09. The van der Waals surface area contributed by atoms with Crippen LogP contribution in [0.15, 0.2) is 0 Å². The van der Waals surface area contributed by atoms with E-state index >= 15 is 0 Å². The first kappa shape index (κ1) is 10.3. The van der Waals surface area contributed by atoms with Gasteiger partial charge in [-0.2, -0.15) is 0 Å². The molecule has 1 saturated carbocycles. The maximum atomic E-state index is 11.5. The van der Waals surface area contributed by atoms with E-state index in [1.54, 1.807) is 7.11 Å². The van der Waals surface area contributed by atoms with Gasteiger partial charge in [0, 0.05) is 19.2 Å². The molecule has 82 valence electrons. The maximum absolute atomic E-state index is 11.5. The second-order valence-electron chi connectivity index (χ2n) is 3.94. The van der Waals surface area contributed by atoms with Gasteiger partial charge in [-0.15, -0.1) is 0 Å². The molecule has 0 aromatic carbocycles. The molecule has 14 heavy (non-hydrogen) atoms. The minimum absolute atomic E-state index is 0.0616. The van der Waals surface area contributed by atoms with Gasteiger partial charge >= 0.3 is 0 Å². The van der Waals surface area contributed by atoms with Gasteiger partial charge in [0.05, 0.1) is 6.10 Å². The van der Waals surface area contributed by atoms with Gasteiger partial charge in [0.25, 0.3) is 0 Å². The van der Waals surface area contributed by atoms with Crippen molar-refractivity contribution in [2.75, 3.05) is 7.11 Å². The first-order chi connectivity index (χ1) is 6.70. The molecule has 4 N–H and O–H groups in total. The van der Waals surface area contributed by atoms with Crippen LogP contribution in [0.3, 0.4) is 0 Å². The van der Waals surface area contributed by atoms with Gasteiger partial charge in [-0.1, -0.05) is 0 Å². The smallest absolute Gasteiger partial charge is 0.121 e. The average Bonchev–Trinajstić information content (AvgIpc) is 2.17. The molecule has 1 saturated heterocycles. The molecular formula is C8H17N4O2-. The fraction of sp³-hybridized carbons (Fsp3) is 1.00. The van der Waals surface area contributed by atoms with Gasteiger partial charge in [-0.3, -0.25) is 5.32 Å². The third kappa shape index (κ3) is 1.90. The van der Waals surface area contributed by atoms with Crippen LogP contribution < -0.4 is 16.5 Å². The second-order valence-corrected chi connectivity index (χ2v) is 3.94. The molecule has 1 aliphatic carbocycles. The Bertz CT molecular complexity index is 204. The van der Waals surface area contributed by atoms with E-state index in [4.69, 9.17) is 10.5 Å². The Kier molecular flexibility index (Phi) is 3.01. The summed E-state index contributed by atoms with van der Waals surface area (Å²) < 4.78 is 5.26. The molecule has 1 aliphatic heterocycles. The van der Waals surface area contributed by atoms with Gasteiger partial charge < -0.3 is 20.9 Å². The van der Waals surface area contributed by atoms with Crippen molar-refractivity contribution >= 4 is 0 Å². The fourth-order valence-corrected chi connectivity index (χ4v) is 2.28. The van der Waals surface area contributed by atoms with E-state index in [2.05, 4.69) is 10.7 Å². The number of nitrogens with two attached hydrogens (primary N) is 1. The largest absolute Gasteiger partial charge is 0.771 e. The summed E-state index contributed by atoms with van der Waals surface area (Å²) >= 11 is 0. The zero-order valence-corrected chi connectivity index (χ0v) is 8.27. The number of hydrogen-bond donors (Lipinski definition) is 3. The van der Waals surface area contributed by atoms with Gasteiger partial charge in [0.1, 0.15) is 6.29 Å². The standard InChI is InChI=1S/C8H17N4O2/c1-14-5-2-3-6-7(4-5)12(13)11-8(9)10-6/h5-8,10-11H,2-4,9H2,1H3/q-1. The molecule has 4 atom stereocenters. The number of fused-ring (bicyclic) bond motifs is 1. The summed E-state index contributed by atoms with van der Waals surface area (Å²) in [5.41, 5.74) is 8.22. The van der Waals surface area contributed by atoms with Gasteiger partial charge in [0.2, 0.25) is 0 Å². The van der Waals surface area contributed by atoms with Crippen molar-refractivity contribution in [3.05, 3.63) is 5.21 Å². The molecule has 2 fully saturated rings. The highest BCUT2D eigenvalue weighted by atomic mass is 16.5. The Hall–Kier alpha value is -0.240. The van der Waals surface area contributed by atoms with Crippen molar-refractivity contribution in [1.82, 2.24) is 15.9 Å². The van der Waals surface area contributed by atoms with E-state index in [0.717, 1.165) is 24.4 Å². The van der Waals surface area contributed by atoms with E-state index in [-0.39, 0.29) is 18.2 Å². The molecule has 1 heterocycles. The summed E-state index contributed by atoms with van der Waals surface area (Å²) in [6, 6.07) is 0.128. The normalized spacial score (nSPS) is 44.8. The molecule has 0 amide bonds. The van der Waals surface area contributed by atoms with Crippen molar-refractivity contribution in [2.24, 2.45) is 5.73 Å². The minimum Gasteiger partial charge on any atom is -0.771 e. The first-order valence-corrected chi connectivity index (χ1v) is 4.97. The molecule has 0 spiro atoms. The van der Waals surface area contributed by atoms with Crippen molar-refractivity contribution in [3.63, 3.8) is 0 Å². The molecule has 0 radical (unpaired) electrons. The number of hydrazine groups is 1. The van der Waals surface area contributed by atoms with Crippen LogP contribution in [-0.2, 0) is 4.74 Å². The lowest BCUT2D eigenvalue weighted by atomic mass is 9.88. The SMILES string of the molecule is COC1CCC2NC(N)NN([O-])C2C1. The number of ether oxygens (including phenoxy) is 1. The predicted octanol–water partition coefficient (Wildman–Crippen LogP) is -0.928. The predicted molar refractivity (Wildman–Crippen MR) is 51.7 cm³/mol. The molecule has 0 bridgehead atoms. The summed E-state index contributed by atoms with van der Waals surface area (Å²) in [5.74, 6) is 0. The molecule has 0 aromatic heterocycles. The van der Waals surface area contributed by atoms with E-state index < -0.39 is 6.29 Å². The number of nitrogens with zero attached hydrogens (tertiary/aromatic N) is 1. The average molecular weight is 201 g/mol. The maximum Gasteiger partial charge on any atom is 0.121 e. The van der Waals surface area contributed by atoms with Crippen molar-refractivity contribution < 1.29 is 4.74 Å². The molecular weight excluding hydrogens is 184 g/mol. The van der Waals surface area contributed by atoms with Crippen molar-refractivity contribution in [2.45, 2.75) is 43.7 Å². The summed E-state index contributed by atoms with van der Waals surface area (Å²) in [4.78, 5) is 0. The van der Waals surface area contributed by atoms with Crippen LogP contribution >= 0.6 is 0 Å². The summed E-state index contributed by atoms with van der Waals surface area (Å²) in [5, 5.41) is 15.6. The quantitative estimate of drug-likeness (QED) is 0.508. The van der Waals surface area contributed by atoms with Crippen LogP contribution in [0.2, 0.25) is 0 Å². The molecule has 6 heteroatoms. The van der Waals surface area contributed by atoms with Crippen LogP contribution in [0.5, 0.6) is 0 Å². The zero-order valence-electron chi connectivity index (χ0n) is 8.27. The van der Waals surface area contributed by atoms with Crippen LogP contribution in [0.25, 0.3) is 0 Å². The van der Waals surface area contributed by atoms with Crippen LogP contribution in [0.1, 0.15) is 19.3 Å². The first-order valence-electron chi connectivity index (χ1n) is 4.97. The lowest BCUT2D eigenvalue weighted by Gasteiger charge is -2.52. The Morgan fingerprint density at radius 1 is 1.50 bits per heavy atom. The number of hydrogen-bond acceptors (Lipinski definition) is 6. The Labute approximate surface area is 83.3 Å². The Morgan fingerprint density at radius 3 is 3.00 bits per heavy atom. The van der Waals surface area contributed by atoms with E-state index in [0.29, 0.717) is 0 Å². The van der Waals surface area contributed by atoms with Gasteiger partial charge in [0.15, 0.2) is 0 Å². The monoisotopic (exact) mass is 201 g/mol. The highest BCUT2D eigenvalue weighted by molar-refractivity contribution is 4.94. The Morgan fingerprint density at radius 2 is 2.29 bits per heavy atom. The number of nitrogens with one attached hydrogen (secondary N) is 2. The zero-order chi connectivity index (χ0) is 10.1. The van der Waals surface area contributed by atoms with Crippen LogP contribution in [-0.4, -0.2) is 36.8 Å². The van der Waals surface area contributed by atoms with Crippen LogP contribution in [0, 0.1) is 5.21 Å². The fourth-order valence-electron chi connectivity index (χ4n) is 2.28. The molecule has 2 rings (SSSR count). The minimum atomic E-state index is -0.423. The number of rotatable bonds is 1. The van der Waals surface area contributed by atoms with Gasteiger partial charge in [-0.05, 0) is 19.3 Å². The lowest BCUT2D eigenvalue weighted by molar-refractivity contribution is -0.0218. The van der Waals surface area contributed by atoms with Crippen molar-refractivity contribution in [1.29, 1.82) is 0 Å². The lowest BCUT2D eigenvalue weighted by Crippen LogP contribution is -2.71. The number of methoxy groups -OCH3 is 1.